The van der Waals surface area contributed by atoms with Gasteiger partial charge in [-0.05, 0) is 38.5 Å². The van der Waals surface area contributed by atoms with E-state index in [9.17, 15) is 9.18 Å². The SMILES string of the molecule is C/C(=N\OC(=O)OC(C)C)c1ccc(F)cc1. The standard InChI is InChI=1S/C12H14FNO3/c1-8(2)16-12(15)17-14-9(3)10-4-6-11(13)7-5-10/h4-8H,1-3H3/b14-9+. The Morgan fingerprint density at radius 3 is 2.41 bits per heavy atom. The van der Waals surface area contributed by atoms with Crippen LogP contribution in [-0.2, 0) is 9.57 Å². The van der Waals surface area contributed by atoms with Gasteiger partial charge in [-0.3, -0.25) is 4.84 Å². The van der Waals surface area contributed by atoms with E-state index in [0.717, 1.165) is 0 Å². The molecule has 92 valence electrons. The second-order valence-corrected chi connectivity index (χ2v) is 3.69. The van der Waals surface area contributed by atoms with Crippen molar-refractivity contribution in [2.45, 2.75) is 26.9 Å². The van der Waals surface area contributed by atoms with E-state index in [0.29, 0.717) is 11.3 Å². The molecule has 0 aliphatic rings. The zero-order valence-electron chi connectivity index (χ0n) is 9.94. The van der Waals surface area contributed by atoms with Crippen molar-refractivity contribution in [2.24, 2.45) is 5.16 Å². The topological polar surface area (TPSA) is 47.9 Å². The van der Waals surface area contributed by atoms with E-state index < -0.39 is 6.16 Å². The summed E-state index contributed by atoms with van der Waals surface area (Å²) in [5.41, 5.74) is 1.13. The van der Waals surface area contributed by atoms with Crippen molar-refractivity contribution >= 4 is 11.9 Å². The number of carbonyl (C=O) groups excluding carboxylic acids is 1. The average molecular weight is 239 g/mol. The van der Waals surface area contributed by atoms with Gasteiger partial charge in [-0.15, -0.1) is 0 Å². The monoisotopic (exact) mass is 239 g/mol. The highest BCUT2D eigenvalue weighted by Gasteiger charge is 2.06. The summed E-state index contributed by atoms with van der Waals surface area (Å²) in [4.78, 5) is 15.6. The Bertz CT molecular complexity index is 412. The van der Waals surface area contributed by atoms with Crippen LogP contribution in [0.3, 0.4) is 0 Å². The number of hydrogen-bond acceptors (Lipinski definition) is 4. The molecule has 0 aliphatic heterocycles. The predicted octanol–water partition coefficient (Wildman–Crippen LogP) is 3.11. The Morgan fingerprint density at radius 1 is 1.29 bits per heavy atom. The van der Waals surface area contributed by atoms with Gasteiger partial charge in [0.05, 0.1) is 11.8 Å². The molecule has 0 fully saturated rings. The van der Waals surface area contributed by atoms with Crippen molar-refractivity contribution in [1.82, 2.24) is 0 Å². The summed E-state index contributed by atoms with van der Waals surface area (Å²) < 4.78 is 17.4. The zero-order valence-corrected chi connectivity index (χ0v) is 9.94. The van der Waals surface area contributed by atoms with E-state index in [1.165, 1.54) is 12.1 Å². The fourth-order valence-electron chi connectivity index (χ4n) is 1.06. The van der Waals surface area contributed by atoms with Crippen LogP contribution in [0.5, 0.6) is 0 Å². The molecule has 0 aliphatic carbocycles. The molecule has 5 heteroatoms. The molecule has 0 bridgehead atoms. The van der Waals surface area contributed by atoms with E-state index in [4.69, 9.17) is 4.74 Å². The third-order valence-electron chi connectivity index (χ3n) is 1.85. The molecule has 1 rings (SSSR count). The first kappa shape index (κ1) is 13.2. The Balaban J connectivity index is 2.60. The van der Waals surface area contributed by atoms with Crippen LogP contribution in [0.2, 0.25) is 0 Å². The predicted molar refractivity (Wildman–Crippen MR) is 61.3 cm³/mol. The fraction of sp³-hybridized carbons (Fsp3) is 0.333. The van der Waals surface area contributed by atoms with Gasteiger partial charge in [-0.2, -0.15) is 0 Å². The third kappa shape index (κ3) is 4.63. The fourth-order valence-corrected chi connectivity index (χ4v) is 1.06. The van der Waals surface area contributed by atoms with E-state index in [-0.39, 0.29) is 11.9 Å². The molecule has 0 heterocycles. The van der Waals surface area contributed by atoms with Gasteiger partial charge >= 0.3 is 6.16 Å². The molecule has 0 radical (unpaired) electrons. The number of hydrogen-bond donors (Lipinski definition) is 0. The van der Waals surface area contributed by atoms with Gasteiger partial charge < -0.3 is 4.74 Å². The molecule has 17 heavy (non-hydrogen) atoms. The Kier molecular flexibility index (Phi) is 4.63. The van der Waals surface area contributed by atoms with Crippen LogP contribution in [0.1, 0.15) is 26.3 Å². The van der Waals surface area contributed by atoms with Gasteiger partial charge in [0.1, 0.15) is 5.82 Å². The largest absolute Gasteiger partial charge is 0.535 e. The van der Waals surface area contributed by atoms with Gasteiger partial charge in [0.25, 0.3) is 0 Å². The number of nitrogens with zero attached hydrogens (tertiary/aromatic N) is 1. The summed E-state index contributed by atoms with van der Waals surface area (Å²) in [6.07, 6.45) is -1.12. The Hall–Kier alpha value is -1.91. The van der Waals surface area contributed by atoms with Crippen LogP contribution in [-0.4, -0.2) is 18.0 Å². The number of carbonyl (C=O) groups is 1. The van der Waals surface area contributed by atoms with E-state index in [1.807, 2.05) is 0 Å². The van der Waals surface area contributed by atoms with E-state index >= 15 is 0 Å². The minimum atomic E-state index is -0.860. The number of benzene rings is 1. The third-order valence-corrected chi connectivity index (χ3v) is 1.85. The molecular formula is C12H14FNO3. The van der Waals surface area contributed by atoms with Crippen molar-refractivity contribution in [1.29, 1.82) is 0 Å². The smallest absolute Gasteiger partial charge is 0.430 e. The van der Waals surface area contributed by atoms with Crippen LogP contribution in [0.4, 0.5) is 9.18 Å². The van der Waals surface area contributed by atoms with Gasteiger partial charge in [0.15, 0.2) is 0 Å². The van der Waals surface area contributed by atoms with Gasteiger partial charge in [0, 0.05) is 0 Å². The van der Waals surface area contributed by atoms with Crippen molar-refractivity contribution < 1.29 is 18.8 Å². The van der Waals surface area contributed by atoms with Crippen LogP contribution in [0.15, 0.2) is 29.4 Å². The number of halogens is 1. The summed E-state index contributed by atoms with van der Waals surface area (Å²) in [6.45, 7) is 5.06. The molecule has 0 saturated heterocycles. The number of rotatable bonds is 3. The average Bonchev–Trinajstić information content (AvgIpc) is 2.26. The van der Waals surface area contributed by atoms with Crippen LogP contribution in [0, 0.1) is 5.82 Å². The Labute approximate surface area is 99.0 Å². The molecule has 0 atom stereocenters. The highest BCUT2D eigenvalue weighted by atomic mass is 19.1. The minimum absolute atomic E-state index is 0.260. The quantitative estimate of drug-likeness (QED) is 0.352. The van der Waals surface area contributed by atoms with Crippen LogP contribution in [0.25, 0.3) is 0 Å². The highest BCUT2D eigenvalue weighted by Crippen LogP contribution is 2.05. The van der Waals surface area contributed by atoms with Crippen molar-refractivity contribution in [3.05, 3.63) is 35.6 Å². The first-order valence-corrected chi connectivity index (χ1v) is 5.17. The maximum absolute atomic E-state index is 12.7. The molecule has 0 N–H and O–H groups in total. The molecule has 0 saturated carbocycles. The highest BCUT2D eigenvalue weighted by molar-refractivity contribution is 5.98. The van der Waals surface area contributed by atoms with Crippen LogP contribution >= 0.6 is 0 Å². The maximum atomic E-state index is 12.7. The van der Waals surface area contributed by atoms with Gasteiger partial charge in [-0.1, -0.05) is 17.3 Å². The van der Waals surface area contributed by atoms with Crippen molar-refractivity contribution in [3.63, 3.8) is 0 Å². The number of ether oxygens (including phenoxy) is 1. The summed E-state index contributed by atoms with van der Waals surface area (Å²) >= 11 is 0. The second-order valence-electron chi connectivity index (χ2n) is 3.69. The minimum Gasteiger partial charge on any atom is -0.430 e. The lowest BCUT2D eigenvalue weighted by Gasteiger charge is -2.05. The van der Waals surface area contributed by atoms with Crippen LogP contribution < -0.4 is 0 Å². The summed E-state index contributed by atoms with van der Waals surface area (Å²) in [5.74, 6) is -0.332. The summed E-state index contributed by atoms with van der Waals surface area (Å²) in [5, 5.41) is 3.60. The second kappa shape index (κ2) is 5.98. The molecule has 0 spiro atoms. The molecule has 0 aromatic heterocycles. The van der Waals surface area contributed by atoms with Gasteiger partial charge in [0.2, 0.25) is 0 Å². The van der Waals surface area contributed by atoms with Crippen molar-refractivity contribution in [2.75, 3.05) is 0 Å². The molecule has 0 unspecified atom stereocenters. The first-order chi connectivity index (χ1) is 7.99. The van der Waals surface area contributed by atoms with E-state index in [1.54, 1.807) is 32.9 Å². The molecule has 1 aromatic carbocycles. The molecule has 1 aromatic rings. The van der Waals surface area contributed by atoms with E-state index in [2.05, 4.69) is 9.99 Å². The lowest BCUT2D eigenvalue weighted by Crippen LogP contribution is -2.11. The summed E-state index contributed by atoms with van der Waals surface area (Å²) in [7, 11) is 0. The van der Waals surface area contributed by atoms with Gasteiger partial charge in [-0.25, -0.2) is 9.18 Å². The molecule has 0 amide bonds. The Morgan fingerprint density at radius 2 is 1.88 bits per heavy atom. The van der Waals surface area contributed by atoms with Crippen molar-refractivity contribution in [3.8, 4) is 0 Å². The molecule has 4 nitrogen and oxygen atoms in total. The maximum Gasteiger partial charge on any atom is 0.535 e. The zero-order chi connectivity index (χ0) is 12.8. The molecular weight excluding hydrogens is 225 g/mol. The first-order valence-electron chi connectivity index (χ1n) is 5.17. The number of oxime groups is 1. The lowest BCUT2D eigenvalue weighted by molar-refractivity contribution is 0.0363. The summed E-state index contributed by atoms with van der Waals surface area (Å²) in [6, 6.07) is 5.71. The lowest BCUT2D eigenvalue weighted by atomic mass is 10.1. The normalized spacial score (nSPS) is 11.5.